The molecule has 84 valence electrons. The lowest BCUT2D eigenvalue weighted by atomic mass is 9.85. The van der Waals surface area contributed by atoms with Gasteiger partial charge in [0.05, 0.1) is 6.73 Å². The molecule has 1 aromatic rings. The van der Waals surface area contributed by atoms with Gasteiger partial charge in [0, 0.05) is 6.54 Å². The van der Waals surface area contributed by atoms with Crippen LogP contribution in [0, 0.1) is 6.92 Å². The normalized spacial score (nSPS) is 11.8. The molecule has 1 aromatic carbocycles. The maximum absolute atomic E-state index is 8.74. The first-order valence-electron chi connectivity index (χ1n) is 5.36. The summed E-state index contributed by atoms with van der Waals surface area (Å²) < 4.78 is 0. The van der Waals surface area contributed by atoms with Gasteiger partial charge in [-0.3, -0.25) is 5.32 Å². The van der Waals surface area contributed by atoms with Gasteiger partial charge < -0.3 is 5.11 Å². The fourth-order valence-electron chi connectivity index (χ4n) is 1.52. The summed E-state index contributed by atoms with van der Waals surface area (Å²) >= 11 is 0. The van der Waals surface area contributed by atoms with Crippen LogP contribution in [0.1, 0.15) is 37.5 Å². The van der Waals surface area contributed by atoms with Gasteiger partial charge >= 0.3 is 0 Å². The topological polar surface area (TPSA) is 32.3 Å². The number of rotatable bonds is 3. The lowest BCUT2D eigenvalue weighted by Crippen LogP contribution is -2.16. The third-order valence-electron chi connectivity index (χ3n) is 2.64. The molecule has 0 unspecified atom stereocenters. The van der Waals surface area contributed by atoms with Crippen LogP contribution in [0.3, 0.4) is 0 Å². The highest BCUT2D eigenvalue weighted by Gasteiger charge is 2.14. The molecule has 0 aliphatic carbocycles. The van der Waals surface area contributed by atoms with E-state index in [1.807, 2.05) is 0 Å². The van der Waals surface area contributed by atoms with E-state index in [0.29, 0.717) is 0 Å². The van der Waals surface area contributed by atoms with E-state index >= 15 is 0 Å². The lowest BCUT2D eigenvalue weighted by molar-refractivity contribution is 0.259. The zero-order valence-corrected chi connectivity index (χ0v) is 10.1. The molecule has 0 atom stereocenters. The van der Waals surface area contributed by atoms with Crippen molar-refractivity contribution in [1.29, 1.82) is 0 Å². The summed E-state index contributed by atoms with van der Waals surface area (Å²) in [5.41, 5.74) is 4.05. The highest BCUT2D eigenvalue weighted by Crippen LogP contribution is 2.24. The molecule has 0 amide bonds. The van der Waals surface area contributed by atoms with E-state index in [2.05, 4.69) is 51.2 Å². The summed E-state index contributed by atoms with van der Waals surface area (Å²) in [6.07, 6.45) is 0. The Kier molecular flexibility index (Phi) is 3.89. The summed E-state index contributed by atoms with van der Waals surface area (Å²) in [4.78, 5) is 0. The van der Waals surface area contributed by atoms with E-state index in [4.69, 9.17) is 5.11 Å². The minimum Gasteiger partial charge on any atom is -0.381 e. The molecule has 2 N–H and O–H groups in total. The van der Waals surface area contributed by atoms with Crippen LogP contribution in [0.2, 0.25) is 0 Å². The summed E-state index contributed by atoms with van der Waals surface area (Å²) in [6, 6.07) is 6.55. The fraction of sp³-hybridized carbons (Fsp3) is 0.538. The van der Waals surface area contributed by atoms with Crippen molar-refractivity contribution in [2.24, 2.45) is 0 Å². The van der Waals surface area contributed by atoms with E-state index in [-0.39, 0.29) is 12.1 Å². The molecule has 0 radical (unpaired) electrons. The van der Waals surface area contributed by atoms with Crippen molar-refractivity contribution in [1.82, 2.24) is 5.32 Å². The molecule has 1 rings (SSSR count). The Morgan fingerprint density at radius 2 is 1.93 bits per heavy atom. The van der Waals surface area contributed by atoms with Crippen LogP contribution in [0.5, 0.6) is 0 Å². The highest BCUT2D eigenvalue weighted by molar-refractivity contribution is 5.34. The highest BCUT2D eigenvalue weighted by atomic mass is 16.3. The molecule has 0 saturated carbocycles. The molecule has 0 aliphatic heterocycles. The molecule has 0 fully saturated rings. The predicted octanol–water partition coefficient (Wildman–Crippen LogP) is 2.33. The molecule has 2 heteroatoms. The van der Waals surface area contributed by atoms with Crippen molar-refractivity contribution >= 4 is 0 Å². The van der Waals surface area contributed by atoms with E-state index in [9.17, 15) is 0 Å². The maximum Gasteiger partial charge on any atom is 0.0934 e. The van der Waals surface area contributed by atoms with Crippen molar-refractivity contribution in [2.75, 3.05) is 6.73 Å². The van der Waals surface area contributed by atoms with Crippen LogP contribution in [0.25, 0.3) is 0 Å². The smallest absolute Gasteiger partial charge is 0.0934 e. The van der Waals surface area contributed by atoms with Gasteiger partial charge in [-0.25, -0.2) is 0 Å². The average Bonchev–Trinajstić information content (AvgIpc) is 2.15. The second-order valence-corrected chi connectivity index (χ2v) is 4.98. The average molecular weight is 207 g/mol. The number of aryl methyl sites for hydroxylation is 1. The minimum absolute atomic E-state index is 0.0270. The van der Waals surface area contributed by atoms with E-state index in [1.54, 1.807) is 0 Å². The molecule has 2 nitrogen and oxygen atoms in total. The largest absolute Gasteiger partial charge is 0.381 e. The predicted molar refractivity (Wildman–Crippen MR) is 63.8 cm³/mol. The van der Waals surface area contributed by atoms with Crippen LogP contribution in [0.15, 0.2) is 18.2 Å². The first-order valence-corrected chi connectivity index (χ1v) is 5.36. The summed E-state index contributed by atoms with van der Waals surface area (Å²) in [6.45, 7) is 9.48. The van der Waals surface area contributed by atoms with Crippen LogP contribution in [-0.4, -0.2) is 11.8 Å². The fourth-order valence-corrected chi connectivity index (χ4v) is 1.52. The van der Waals surface area contributed by atoms with Crippen LogP contribution < -0.4 is 5.32 Å². The van der Waals surface area contributed by atoms with Gasteiger partial charge in [0.1, 0.15) is 0 Å². The van der Waals surface area contributed by atoms with Crippen molar-refractivity contribution in [3.8, 4) is 0 Å². The molecule has 0 spiro atoms. The number of hydrogen-bond donors (Lipinski definition) is 2. The number of hydrogen-bond acceptors (Lipinski definition) is 2. The van der Waals surface area contributed by atoms with E-state index < -0.39 is 0 Å². The van der Waals surface area contributed by atoms with Gasteiger partial charge in [-0.05, 0) is 29.0 Å². The minimum atomic E-state index is 0.0270. The van der Waals surface area contributed by atoms with Crippen LogP contribution >= 0.6 is 0 Å². The molecular weight excluding hydrogens is 186 g/mol. The Bertz CT molecular complexity index is 326. The number of nitrogens with one attached hydrogen (secondary N) is 1. The maximum atomic E-state index is 8.74. The Morgan fingerprint density at radius 3 is 2.47 bits per heavy atom. The quantitative estimate of drug-likeness (QED) is 0.746. The zero-order valence-electron chi connectivity index (χ0n) is 10.1. The third kappa shape index (κ3) is 3.33. The third-order valence-corrected chi connectivity index (χ3v) is 2.64. The lowest BCUT2D eigenvalue weighted by Gasteiger charge is -2.20. The first kappa shape index (κ1) is 12.2. The molecule has 0 bridgehead atoms. The Labute approximate surface area is 92.3 Å². The molecule has 0 aliphatic rings. The van der Waals surface area contributed by atoms with Gasteiger partial charge in [-0.15, -0.1) is 0 Å². The second kappa shape index (κ2) is 4.77. The second-order valence-electron chi connectivity index (χ2n) is 4.98. The van der Waals surface area contributed by atoms with Crippen molar-refractivity contribution in [3.63, 3.8) is 0 Å². The van der Waals surface area contributed by atoms with E-state index in [1.165, 1.54) is 16.7 Å². The molecule has 15 heavy (non-hydrogen) atoms. The first-order chi connectivity index (χ1) is 6.95. The van der Waals surface area contributed by atoms with Gasteiger partial charge in [0.15, 0.2) is 0 Å². The summed E-state index contributed by atoms with van der Waals surface area (Å²) in [5.74, 6) is 0. The molecular formula is C13H21NO. The number of aliphatic hydroxyl groups is 1. The van der Waals surface area contributed by atoms with Crippen molar-refractivity contribution in [2.45, 2.75) is 39.7 Å². The Balaban J connectivity index is 2.95. The number of benzene rings is 1. The molecule has 0 saturated heterocycles. The zero-order chi connectivity index (χ0) is 11.5. The summed E-state index contributed by atoms with van der Waals surface area (Å²) in [5, 5.41) is 11.7. The standard InChI is InChI=1S/C13H21NO/c1-10-5-6-12(13(2,3)4)7-11(10)8-14-9-15/h5-7,14-15H,8-9H2,1-4H3. The monoisotopic (exact) mass is 207 g/mol. The Hall–Kier alpha value is -0.860. The summed E-state index contributed by atoms with van der Waals surface area (Å²) in [7, 11) is 0. The number of aliphatic hydroxyl groups excluding tert-OH is 1. The van der Waals surface area contributed by atoms with Gasteiger partial charge in [0.2, 0.25) is 0 Å². The van der Waals surface area contributed by atoms with Gasteiger partial charge in [0.25, 0.3) is 0 Å². The van der Waals surface area contributed by atoms with Gasteiger partial charge in [-0.2, -0.15) is 0 Å². The van der Waals surface area contributed by atoms with E-state index in [0.717, 1.165) is 6.54 Å². The van der Waals surface area contributed by atoms with Gasteiger partial charge in [-0.1, -0.05) is 39.0 Å². The molecule has 0 heterocycles. The van der Waals surface area contributed by atoms with Crippen molar-refractivity contribution in [3.05, 3.63) is 34.9 Å². The molecule has 0 aromatic heterocycles. The van der Waals surface area contributed by atoms with Crippen LogP contribution in [0.4, 0.5) is 0 Å². The van der Waals surface area contributed by atoms with Crippen molar-refractivity contribution < 1.29 is 5.11 Å². The van der Waals surface area contributed by atoms with Crippen LogP contribution in [-0.2, 0) is 12.0 Å². The SMILES string of the molecule is Cc1ccc(C(C)(C)C)cc1CNCO. The Morgan fingerprint density at radius 1 is 1.27 bits per heavy atom.